The molecule has 2 unspecified atom stereocenters. The Morgan fingerprint density at radius 1 is 1.36 bits per heavy atom. The molecule has 6 heteroatoms. The second-order valence-electron chi connectivity index (χ2n) is 6.26. The van der Waals surface area contributed by atoms with Crippen LogP contribution in [0.2, 0.25) is 0 Å². The van der Waals surface area contributed by atoms with E-state index in [9.17, 15) is 9.59 Å². The van der Waals surface area contributed by atoms with Crippen LogP contribution in [0.25, 0.3) is 0 Å². The number of hydrogen-bond donors (Lipinski definition) is 0. The lowest BCUT2D eigenvalue weighted by atomic mass is 10.1. The molecule has 0 aliphatic carbocycles. The van der Waals surface area contributed by atoms with Crippen LogP contribution in [-0.2, 0) is 4.79 Å². The van der Waals surface area contributed by atoms with Gasteiger partial charge in [-0.25, -0.2) is 4.98 Å². The highest BCUT2D eigenvalue weighted by Crippen LogP contribution is 2.26. The summed E-state index contributed by atoms with van der Waals surface area (Å²) >= 11 is 0. The zero-order valence-electron chi connectivity index (χ0n) is 13.3. The fraction of sp³-hybridized carbons (Fsp3) is 0.562. The standard InChI is InChI=1S/C16H22N4O2/c1-11-15(21)19-8-4-5-13(19)10-20(11)16(22)12-6-7-14(17-9-12)18(2)3/h6-7,9,11,13H,4-5,8,10H2,1-3H3. The fourth-order valence-corrected chi connectivity index (χ4v) is 3.28. The summed E-state index contributed by atoms with van der Waals surface area (Å²) in [7, 11) is 3.81. The van der Waals surface area contributed by atoms with E-state index in [4.69, 9.17) is 0 Å². The summed E-state index contributed by atoms with van der Waals surface area (Å²) in [4.78, 5) is 34.9. The molecule has 0 radical (unpaired) electrons. The Labute approximate surface area is 130 Å². The van der Waals surface area contributed by atoms with Gasteiger partial charge in [-0.3, -0.25) is 9.59 Å². The molecule has 0 N–H and O–H groups in total. The summed E-state index contributed by atoms with van der Waals surface area (Å²) in [5.41, 5.74) is 0.539. The van der Waals surface area contributed by atoms with Gasteiger partial charge in [-0.15, -0.1) is 0 Å². The van der Waals surface area contributed by atoms with Crippen LogP contribution in [0.1, 0.15) is 30.1 Å². The smallest absolute Gasteiger partial charge is 0.256 e. The lowest BCUT2D eigenvalue weighted by Gasteiger charge is -2.41. The normalized spacial score (nSPS) is 24.4. The van der Waals surface area contributed by atoms with E-state index in [1.807, 2.05) is 36.9 Å². The first kappa shape index (κ1) is 14.8. The third-order valence-corrected chi connectivity index (χ3v) is 4.61. The number of carbonyl (C=O) groups excluding carboxylic acids is 2. The molecule has 0 spiro atoms. The maximum atomic E-state index is 12.7. The highest BCUT2D eigenvalue weighted by molar-refractivity contribution is 5.98. The van der Waals surface area contributed by atoms with Crippen LogP contribution in [0.3, 0.4) is 0 Å². The van der Waals surface area contributed by atoms with Crippen molar-refractivity contribution in [1.82, 2.24) is 14.8 Å². The van der Waals surface area contributed by atoms with Gasteiger partial charge in [-0.2, -0.15) is 0 Å². The summed E-state index contributed by atoms with van der Waals surface area (Å²) < 4.78 is 0. The number of fused-ring (bicyclic) bond motifs is 1. The van der Waals surface area contributed by atoms with Crippen molar-refractivity contribution in [3.05, 3.63) is 23.9 Å². The Kier molecular flexibility index (Phi) is 3.76. The Balaban J connectivity index is 1.80. The predicted octanol–water partition coefficient (Wildman–Crippen LogP) is 0.983. The van der Waals surface area contributed by atoms with E-state index in [0.29, 0.717) is 12.1 Å². The van der Waals surface area contributed by atoms with E-state index in [0.717, 1.165) is 25.2 Å². The maximum absolute atomic E-state index is 12.7. The number of amides is 2. The molecule has 0 bridgehead atoms. The minimum Gasteiger partial charge on any atom is -0.363 e. The molecule has 6 nitrogen and oxygen atoms in total. The molecule has 22 heavy (non-hydrogen) atoms. The van der Waals surface area contributed by atoms with Crippen LogP contribution in [-0.4, -0.2) is 65.9 Å². The molecule has 2 aliphatic rings. The molecule has 2 atom stereocenters. The van der Waals surface area contributed by atoms with E-state index in [1.165, 1.54) is 0 Å². The maximum Gasteiger partial charge on any atom is 0.256 e. The highest BCUT2D eigenvalue weighted by Gasteiger charge is 2.42. The number of hydrogen-bond acceptors (Lipinski definition) is 4. The lowest BCUT2D eigenvalue weighted by molar-refractivity contribution is -0.141. The minimum absolute atomic E-state index is 0.0694. The number of rotatable bonds is 2. The Morgan fingerprint density at radius 3 is 2.77 bits per heavy atom. The molecule has 1 aromatic rings. The van der Waals surface area contributed by atoms with Gasteiger partial charge in [-0.05, 0) is 31.9 Å². The van der Waals surface area contributed by atoms with Crippen molar-refractivity contribution in [2.24, 2.45) is 0 Å². The zero-order chi connectivity index (χ0) is 15.9. The van der Waals surface area contributed by atoms with Crippen LogP contribution in [0.4, 0.5) is 5.82 Å². The molecule has 2 saturated heterocycles. The molecular formula is C16H22N4O2. The second-order valence-corrected chi connectivity index (χ2v) is 6.26. The van der Waals surface area contributed by atoms with Gasteiger partial charge in [0.2, 0.25) is 5.91 Å². The van der Waals surface area contributed by atoms with E-state index in [-0.39, 0.29) is 17.9 Å². The Hall–Kier alpha value is -2.11. The largest absolute Gasteiger partial charge is 0.363 e. The number of carbonyl (C=O) groups is 2. The van der Waals surface area contributed by atoms with Crippen LogP contribution < -0.4 is 4.90 Å². The van der Waals surface area contributed by atoms with Crippen LogP contribution >= 0.6 is 0 Å². The topological polar surface area (TPSA) is 56.8 Å². The first-order valence-electron chi connectivity index (χ1n) is 7.74. The molecule has 3 heterocycles. The molecule has 118 valence electrons. The number of piperazine rings is 1. The number of nitrogens with zero attached hydrogens (tertiary/aromatic N) is 4. The minimum atomic E-state index is -0.393. The van der Waals surface area contributed by atoms with E-state index in [1.54, 1.807) is 17.2 Å². The van der Waals surface area contributed by atoms with Crippen molar-refractivity contribution in [3.8, 4) is 0 Å². The molecule has 0 aromatic carbocycles. The third kappa shape index (κ3) is 2.42. The average Bonchev–Trinajstić information content (AvgIpc) is 2.99. The fourth-order valence-electron chi connectivity index (χ4n) is 3.28. The summed E-state index contributed by atoms with van der Waals surface area (Å²) in [6, 6.07) is 3.39. The number of pyridine rings is 1. The van der Waals surface area contributed by atoms with Crippen molar-refractivity contribution in [1.29, 1.82) is 0 Å². The van der Waals surface area contributed by atoms with E-state index >= 15 is 0 Å². The molecule has 2 aliphatic heterocycles. The van der Waals surface area contributed by atoms with Crippen molar-refractivity contribution in [3.63, 3.8) is 0 Å². The second kappa shape index (κ2) is 5.59. The van der Waals surface area contributed by atoms with Gasteiger partial charge in [0.25, 0.3) is 5.91 Å². The molecule has 1 aromatic heterocycles. The van der Waals surface area contributed by atoms with Gasteiger partial charge in [0.15, 0.2) is 0 Å². The van der Waals surface area contributed by atoms with Crippen molar-refractivity contribution in [2.45, 2.75) is 31.8 Å². The lowest BCUT2D eigenvalue weighted by Crippen LogP contribution is -2.60. The Bertz CT molecular complexity index is 584. The van der Waals surface area contributed by atoms with Gasteiger partial charge in [0.1, 0.15) is 11.9 Å². The van der Waals surface area contributed by atoms with E-state index in [2.05, 4.69) is 4.98 Å². The van der Waals surface area contributed by atoms with Crippen molar-refractivity contribution >= 4 is 17.6 Å². The molecule has 3 rings (SSSR count). The average molecular weight is 302 g/mol. The summed E-state index contributed by atoms with van der Waals surface area (Å²) in [6.45, 7) is 3.27. The summed E-state index contributed by atoms with van der Waals surface area (Å²) in [6.07, 6.45) is 3.61. The molecule has 2 amide bonds. The zero-order valence-corrected chi connectivity index (χ0v) is 13.3. The number of anilines is 1. The summed E-state index contributed by atoms with van der Waals surface area (Å²) in [5, 5.41) is 0. The highest BCUT2D eigenvalue weighted by atomic mass is 16.2. The van der Waals surface area contributed by atoms with Gasteiger partial charge < -0.3 is 14.7 Å². The first-order valence-corrected chi connectivity index (χ1v) is 7.74. The van der Waals surface area contributed by atoms with Crippen molar-refractivity contribution in [2.75, 3.05) is 32.1 Å². The van der Waals surface area contributed by atoms with Gasteiger partial charge in [-0.1, -0.05) is 0 Å². The van der Waals surface area contributed by atoms with Crippen LogP contribution in [0, 0.1) is 0 Å². The molecule has 0 saturated carbocycles. The van der Waals surface area contributed by atoms with Crippen molar-refractivity contribution < 1.29 is 9.59 Å². The number of aromatic nitrogens is 1. The van der Waals surface area contributed by atoms with Crippen LogP contribution in [0.5, 0.6) is 0 Å². The quantitative estimate of drug-likeness (QED) is 0.817. The molecular weight excluding hydrogens is 280 g/mol. The summed E-state index contributed by atoms with van der Waals surface area (Å²) in [5.74, 6) is 0.770. The predicted molar refractivity (Wildman–Crippen MR) is 83.8 cm³/mol. The van der Waals surface area contributed by atoms with Gasteiger partial charge >= 0.3 is 0 Å². The van der Waals surface area contributed by atoms with Gasteiger partial charge in [0.05, 0.1) is 5.56 Å². The Morgan fingerprint density at radius 2 is 2.14 bits per heavy atom. The first-order chi connectivity index (χ1) is 10.5. The van der Waals surface area contributed by atoms with Gasteiger partial charge in [0, 0.05) is 39.4 Å². The SMILES string of the molecule is CC1C(=O)N2CCCC2CN1C(=O)c1ccc(N(C)C)nc1. The van der Waals surface area contributed by atoms with Crippen LogP contribution in [0.15, 0.2) is 18.3 Å². The third-order valence-electron chi connectivity index (χ3n) is 4.61. The molecule has 2 fully saturated rings. The van der Waals surface area contributed by atoms with E-state index < -0.39 is 6.04 Å². The monoisotopic (exact) mass is 302 g/mol.